The number of ether oxygens (including phenoxy) is 1. The van der Waals surface area contributed by atoms with Crippen molar-refractivity contribution in [1.29, 1.82) is 0 Å². The number of methoxy groups -OCH3 is 1. The first-order valence-electron chi connectivity index (χ1n) is 7.40. The summed E-state index contributed by atoms with van der Waals surface area (Å²) in [6.07, 6.45) is 2.63. The zero-order chi connectivity index (χ0) is 13.8. The summed E-state index contributed by atoms with van der Waals surface area (Å²) in [4.78, 5) is 16.8. The number of fused-ring (bicyclic) bond motifs is 1. The lowest BCUT2D eigenvalue weighted by Gasteiger charge is -2.38. The van der Waals surface area contributed by atoms with E-state index in [4.69, 9.17) is 4.74 Å². The number of rotatable bonds is 5. The van der Waals surface area contributed by atoms with Crippen molar-refractivity contribution >= 4 is 5.97 Å². The molecular weight excluding hydrogens is 242 g/mol. The molecule has 0 radical (unpaired) electrons. The molecule has 5 nitrogen and oxygen atoms in total. The van der Waals surface area contributed by atoms with Gasteiger partial charge < -0.3 is 10.1 Å². The quantitative estimate of drug-likeness (QED) is 0.728. The van der Waals surface area contributed by atoms with Crippen LogP contribution in [0.2, 0.25) is 0 Å². The molecule has 2 saturated heterocycles. The highest BCUT2D eigenvalue weighted by molar-refractivity contribution is 5.76. The van der Waals surface area contributed by atoms with Crippen molar-refractivity contribution in [3.05, 3.63) is 0 Å². The topological polar surface area (TPSA) is 44.8 Å². The standard InChI is InChI=1S/C14H27N3O2/c1-11(2)15-13(14(18)19-3)10-16-7-8-17-6-4-5-12(17)9-16/h11-13,15H,4-10H2,1-3H3. The zero-order valence-electron chi connectivity index (χ0n) is 12.4. The summed E-state index contributed by atoms with van der Waals surface area (Å²) in [7, 11) is 1.46. The number of carbonyl (C=O) groups excluding carboxylic acids is 1. The molecule has 0 aliphatic carbocycles. The summed E-state index contributed by atoms with van der Waals surface area (Å²) in [6.45, 7) is 9.42. The van der Waals surface area contributed by atoms with Crippen LogP contribution in [0.15, 0.2) is 0 Å². The second kappa shape index (κ2) is 6.68. The molecule has 2 aliphatic heterocycles. The van der Waals surface area contributed by atoms with E-state index in [1.165, 1.54) is 26.5 Å². The van der Waals surface area contributed by atoms with Gasteiger partial charge in [0.1, 0.15) is 6.04 Å². The molecule has 110 valence electrons. The van der Waals surface area contributed by atoms with Gasteiger partial charge in [0.25, 0.3) is 0 Å². The van der Waals surface area contributed by atoms with E-state index >= 15 is 0 Å². The molecule has 0 saturated carbocycles. The van der Waals surface area contributed by atoms with Crippen molar-refractivity contribution in [2.75, 3.05) is 39.8 Å². The molecule has 2 fully saturated rings. The Morgan fingerprint density at radius 2 is 2.16 bits per heavy atom. The molecule has 2 aliphatic rings. The summed E-state index contributed by atoms with van der Waals surface area (Å²) in [5.74, 6) is -0.150. The average molecular weight is 269 g/mol. The Balaban J connectivity index is 1.87. The predicted octanol–water partition coefficient (Wildman–Crippen LogP) is 0.306. The lowest BCUT2D eigenvalue weighted by atomic mass is 10.1. The van der Waals surface area contributed by atoms with Crippen molar-refractivity contribution in [1.82, 2.24) is 15.1 Å². The summed E-state index contributed by atoms with van der Waals surface area (Å²) in [5, 5.41) is 3.31. The predicted molar refractivity (Wildman–Crippen MR) is 75.1 cm³/mol. The maximum atomic E-state index is 11.8. The van der Waals surface area contributed by atoms with Crippen LogP contribution in [0.25, 0.3) is 0 Å². The fourth-order valence-corrected chi connectivity index (χ4v) is 3.22. The monoisotopic (exact) mass is 269 g/mol. The van der Waals surface area contributed by atoms with Gasteiger partial charge in [0.2, 0.25) is 0 Å². The van der Waals surface area contributed by atoms with Crippen molar-refractivity contribution in [2.45, 2.75) is 44.8 Å². The van der Waals surface area contributed by atoms with Crippen LogP contribution < -0.4 is 5.32 Å². The van der Waals surface area contributed by atoms with E-state index < -0.39 is 0 Å². The lowest BCUT2D eigenvalue weighted by molar-refractivity contribution is -0.144. The van der Waals surface area contributed by atoms with Gasteiger partial charge in [-0.3, -0.25) is 14.6 Å². The van der Waals surface area contributed by atoms with Gasteiger partial charge in [-0.1, -0.05) is 13.8 Å². The fourth-order valence-electron chi connectivity index (χ4n) is 3.22. The van der Waals surface area contributed by atoms with E-state index in [9.17, 15) is 4.79 Å². The normalized spacial score (nSPS) is 26.4. The Kier molecular flexibility index (Phi) is 5.19. The van der Waals surface area contributed by atoms with Gasteiger partial charge in [-0.25, -0.2) is 0 Å². The molecular formula is C14H27N3O2. The Morgan fingerprint density at radius 3 is 2.84 bits per heavy atom. The molecule has 0 spiro atoms. The smallest absolute Gasteiger partial charge is 0.324 e. The third-order valence-electron chi connectivity index (χ3n) is 4.13. The maximum absolute atomic E-state index is 11.8. The van der Waals surface area contributed by atoms with Gasteiger partial charge in [-0.05, 0) is 19.4 Å². The van der Waals surface area contributed by atoms with Gasteiger partial charge in [0, 0.05) is 38.3 Å². The van der Waals surface area contributed by atoms with E-state index in [0.717, 1.165) is 26.2 Å². The molecule has 0 bridgehead atoms. The highest BCUT2D eigenvalue weighted by atomic mass is 16.5. The van der Waals surface area contributed by atoms with Crippen LogP contribution in [0.5, 0.6) is 0 Å². The third kappa shape index (κ3) is 3.91. The van der Waals surface area contributed by atoms with Gasteiger partial charge >= 0.3 is 5.97 Å². The van der Waals surface area contributed by atoms with Gasteiger partial charge in [0.05, 0.1) is 7.11 Å². The summed E-state index contributed by atoms with van der Waals surface area (Å²) < 4.78 is 4.90. The fraction of sp³-hybridized carbons (Fsp3) is 0.929. The lowest BCUT2D eigenvalue weighted by Crippen LogP contribution is -2.55. The van der Waals surface area contributed by atoms with Crippen LogP contribution in [0.4, 0.5) is 0 Å². The SMILES string of the molecule is COC(=O)C(CN1CCN2CCCC2C1)NC(C)C. The van der Waals surface area contributed by atoms with Crippen LogP contribution in [0.3, 0.4) is 0 Å². The Bertz CT molecular complexity index is 309. The van der Waals surface area contributed by atoms with Crippen molar-refractivity contribution in [3.63, 3.8) is 0 Å². The summed E-state index contributed by atoms with van der Waals surface area (Å²) in [5.41, 5.74) is 0. The minimum absolute atomic E-state index is 0.150. The highest BCUT2D eigenvalue weighted by Crippen LogP contribution is 2.21. The van der Waals surface area contributed by atoms with Crippen molar-refractivity contribution in [3.8, 4) is 0 Å². The zero-order valence-corrected chi connectivity index (χ0v) is 12.4. The van der Waals surface area contributed by atoms with Crippen LogP contribution in [0, 0.1) is 0 Å². The number of piperazine rings is 1. The molecule has 1 N–H and O–H groups in total. The molecule has 2 heterocycles. The van der Waals surface area contributed by atoms with E-state index in [-0.39, 0.29) is 18.1 Å². The molecule has 19 heavy (non-hydrogen) atoms. The highest BCUT2D eigenvalue weighted by Gasteiger charge is 2.32. The average Bonchev–Trinajstić information content (AvgIpc) is 2.84. The minimum Gasteiger partial charge on any atom is -0.468 e. The summed E-state index contributed by atoms with van der Waals surface area (Å²) >= 11 is 0. The molecule has 2 unspecified atom stereocenters. The first-order valence-corrected chi connectivity index (χ1v) is 7.40. The van der Waals surface area contributed by atoms with Crippen LogP contribution in [0.1, 0.15) is 26.7 Å². The molecule has 2 rings (SSSR count). The first-order chi connectivity index (χ1) is 9.10. The van der Waals surface area contributed by atoms with E-state index in [1.807, 2.05) is 0 Å². The van der Waals surface area contributed by atoms with Crippen LogP contribution in [-0.2, 0) is 9.53 Å². The minimum atomic E-state index is -0.210. The molecule has 5 heteroatoms. The Morgan fingerprint density at radius 1 is 1.37 bits per heavy atom. The van der Waals surface area contributed by atoms with E-state index in [1.54, 1.807) is 0 Å². The van der Waals surface area contributed by atoms with Crippen LogP contribution >= 0.6 is 0 Å². The van der Waals surface area contributed by atoms with Crippen molar-refractivity contribution < 1.29 is 9.53 Å². The number of esters is 1. The van der Waals surface area contributed by atoms with Gasteiger partial charge in [0.15, 0.2) is 0 Å². The second-order valence-electron chi connectivity index (χ2n) is 5.99. The second-order valence-corrected chi connectivity index (χ2v) is 5.99. The third-order valence-corrected chi connectivity index (χ3v) is 4.13. The van der Waals surface area contributed by atoms with E-state index in [0.29, 0.717) is 6.04 Å². The summed E-state index contributed by atoms with van der Waals surface area (Å²) in [6, 6.07) is 0.779. The maximum Gasteiger partial charge on any atom is 0.324 e. The Hall–Kier alpha value is -0.650. The van der Waals surface area contributed by atoms with Crippen molar-refractivity contribution in [2.24, 2.45) is 0 Å². The number of hydrogen-bond donors (Lipinski definition) is 1. The number of carbonyl (C=O) groups is 1. The Labute approximate surface area is 116 Å². The van der Waals surface area contributed by atoms with Gasteiger partial charge in [-0.15, -0.1) is 0 Å². The van der Waals surface area contributed by atoms with E-state index in [2.05, 4.69) is 29.0 Å². The first kappa shape index (κ1) is 14.8. The number of nitrogens with zero attached hydrogens (tertiary/aromatic N) is 2. The van der Waals surface area contributed by atoms with Crippen LogP contribution in [-0.4, -0.2) is 73.7 Å². The molecule has 2 atom stereocenters. The molecule has 0 amide bonds. The van der Waals surface area contributed by atoms with Gasteiger partial charge in [-0.2, -0.15) is 0 Å². The molecule has 0 aromatic heterocycles. The number of nitrogens with one attached hydrogen (secondary N) is 1. The molecule has 0 aromatic carbocycles. The largest absolute Gasteiger partial charge is 0.468 e. The number of hydrogen-bond acceptors (Lipinski definition) is 5. The molecule has 0 aromatic rings.